The molecule has 9 heteroatoms. The summed E-state index contributed by atoms with van der Waals surface area (Å²) < 4.78 is 0. The Balaban J connectivity index is 1.61. The van der Waals surface area contributed by atoms with Crippen LogP contribution in [-0.2, 0) is 9.59 Å². The molecule has 0 radical (unpaired) electrons. The number of hydrogen-bond acceptors (Lipinski definition) is 5. The van der Waals surface area contributed by atoms with Crippen molar-refractivity contribution >= 4 is 34.8 Å². The lowest BCUT2D eigenvalue weighted by Crippen LogP contribution is -2.52. The number of carbonyl (C=O) groups is 4. The van der Waals surface area contributed by atoms with Crippen molar-refractivity contribution in [2.24, 2.45) is 5.92 Å². The smallest absolute Gasteiger partial charge is 0.323 e. The van der Waals surface area contributed by atoms with Gasteiger partial charge in [0.25, 0.3) is 17.1 Å². The molecule has 0 aromatic heterocycles. The summed E-state index contributed by atoms with van der Waals surface area (Å²) >= 11 is 1.16. The minimum atomic E-state index is -0.879. The van der Waals surface area contributed by atoms with Gasteiger partial charge in [0.2, 0.25) is 0 Å². The fourth-order valence-electron chi connectivity index (χ4n) is 3.22. The summed E-state index contributed by atoms with van der Waals surface area (Å²) in [5.41, 5.74) is 1.46. The van der Waals surface area contributed by atoms with Crippen molar-refractivity contribution in [3.05, 3.63) is 0 Å². The Kier molecular flexibility index (Phi) is 4.22. The third-order valence-electron chi connectivity index (χ3n) is 4.71. The number of imide groups is 1. The summed E-state index contributed by atoms with van der Waals surface area (Å²) in [6.45, 7) is 2.48. The number of hydrogen-bond donors (Lipinski definition) is 2. The molecule has 1 spiro atoms. The van der Waals surface area contributed by atoms with Crippen molar-refractivity contribution in [3.63, 3.8) is 0 Å². The van der Waals surface area contributed by atoms with Gasteiger partial charge in [0.15, 0.2) is 0 Å². The van der Waals surface area contributed by atoms with Crippen molar-refractivity contribution < 1.29 is 19.2 Å². The summed E-state index contributed by atoms with van der Waals surface area (Å²) in [7, 11) is 0. The van der Waals surface area contributed by atoms with E-state index in [1.165, 1.54) is 4.90 Å². The number of amides is 5. The van der Waals surface area contributed by atoms with Gasteiger partial charge in [-0.05, 0) is 31.6 Å². The van der Waals surface area contributed by atoms with Crippen LogP contribution in [0.5, 0.6) is 0 Å². The molecule has 0 atom stereocenters. The van der Waals surface area contributed by atoms with Gasteiger partial charge in [-0.15, -0.1) is 0 Å². The topological polar surface area (TPSA) is 98.8 Å². The first-order valence-electron chi connectivity index (χ1n) is 7.79. The Morgan fingerprint density at radius 3 is 2.65 bits per heavy atom. The SMILES string of the molecule is CC1CCC2(CC1)NC(=O)N(NC(=O)CN1CCSC1=O)C2=O. The molecule has 2 aliphatic heterocycles. The minimum Gasteiger partial charge on any atom is -0.323 e. The minimum absolute atomic E-state index is 0.146. The summed E-state index contributed by atoms with van der Waals surface area (Å²) in [6, 6.07) is -0.597. The normalized spacial score (nSPS) is 31.0. The number of thioether (sulfide) groups is 1. The molecule has 5 amide bonds. The Morgan fingerprint density at radius 1 is 1.35 bits per heavy atom. The largest absolute Gasteiger partial charge is 0.344 e. The molecular formula is C14H20N4O4S. The first-order chi connectivity index (χ1) is 10.9. The van der Waals surface area contributed by atoms with Crippen LogP contribution in [0.2, 0.25) is 0 Å². The van der Waals surface area contributed by atoms with E-state index in [4.69, 9.17) is 0 Å². The molecule has 3 aliphatic rings. The molecule has 23 heavy (non-hydrogen) atoms. The van der Waals surface area contributed by atoms with E-state index in [0.29, 0.717) is 31.1 Å². The van der Waals surface area contributed by atoms with E-state index in [0.717, 1.165) is 29.6 Å². The van der Waals surface area contributed by atoms with E-state index in [2.05, 4.69) is 17.7 Å². The van der Waals surface area contributed by atoms with E-state index >= 15 is 0 Å². The highest BCUT2D eigenvalue weighted by atomic mass is 32.2. The molecule has 2 saturated heterocycles. The van der Waals surface area contributed by atoms with Crippen LogP contribution >= 0.6 is 11.8 Å². The van der Waals surface area contributed by atoms with Crippen LogP contribution in [0.15, 0.2) is 0 Å². The molecule has 0 aromatic carbocycles. The van der Waals surface area contributed by atoms with Gasteiger partial charge in [0, 0.05) is 12.3 Å². The monoisotopic (exact) mass is 340 g/mol. The molecule has 0 bridgehead atoms. The lowest BCUT2D eigenvalue weighted by molar-refractivity contribution is -0.140. The molecule has 3 fully saturated rings. The summed E-state index contributed by atoms with van der Waals surface area (Å²) in [4.78, 5) is 49.6. The molecule has 1 aliphatic carbocycles. The van der Waals surface area contributed by atoms with E-state index < -0.39 is 23.4 Å². The third kappa shape index (κ3) is 3.01. The van der Waals surface area contributed by atoms with Gasteiger partial charge in [-0.25, -0.2) is 4.79 Å². The van der Waals surface area contributed by atoms with Crippen LogP contribution in [0.1, 0.15) is 32.6 Å². The maximum Gasteiger partial charge on any atom is 0.344 e. The molecule has 0 aromatic rings. The van der Waals surface area contributed by atoms with Crippen LogP contribution < -0.4 is 10.7 Å². The van der Waals surface area contributed by atoms with Gasteiger partial charge >= 0.3 is 6.03 Å². The lowest BCUT2D eigenvalue weighted by atomic mass is 9.77. The highest BCUT2D eigenvalue weighted by Crippen LogP contribution is 2.35. The van der Waals surface area contributed by atoms with Crippen molar-refractivity contribution in [3.8, 4) is 0 Å². The maximum atomic E-state index is 12.6. The van der Waals surface area contributed by atoms with Crippen molar-refractivity contribution in [2.75, 3.05) is 18.8 Å². The van der Waals surface area contributed by atoms with Crippen molar-refractivity contribution in [1.82, 2.24) is 20.7 Å². The Hall–Kier alpha value is -1.77. The van der Waals surface area contributed by atoms with E-state index in [1.807, 2.05) is 0 Å². The highest BCUT2D eigenvalue weighted by molar-refractivity contribution is 8.13. The molecule has 126 valence electrons. The second kappa shape index (κ2) is 6.03. The average Bonchev–Trinajstić information content (AvgIpc) is 3.00. The molecule has 1 saturated carbocycles. The van der Waals surface area contributed by atoms with E-state index in [9.17, 15) is 19.2 Å². The standard InChI is InChI=1S/C14H20N4O4S/c1-9-2-4-14(5-3-9)11(20)18(12(21)15-14)16-10(19)8-17-6-7-23-13(17)22/h9H,2-8H2,1H3,(H,15,21)(H,16,19). The zero-order chi connectivity index (χ0) is 16.6. The van der Waals surface area contributed by atoms with Crippen molar-refractivity contribution in [1.29, 1.82) is 0 Å². The summed E-state index contributed by atoms with van der Waals surface area (Å²) in [6.07, 6.45) is 2.92. The summed E-state index contributed by atoms with van der Waals surface area (Å²) in [5, 5.41) is 3.35. The predicted molar refractivity (Wildman–Crippen MR) is 83.3 cm³/mol. The highest BCUT2D eigenvalue weighted by Gasteiger charge is 2.52. The summed E-state index contributed by atoms with van der Waals surface area (Å²) in [5.74, 6) is 0.249. The molecular weight excluding hydrogens is 320 g/mol. The van der Waals surface area contributed by atoms with Crippen LogP contribution in [0.3, 0.4) is 0 Å². The molecule has 8 nitrogen and oxygen atoms in total. The van der Waals surface area contributed by atoms with Gasteiger partial charge in [-0.3, -0.25) is 19.8 Å². The van der Waals surface area contributed by atoms with Gasteiger partial charge in [-0.1, -0.05) is 18.7 Å². The van der Waals surface area contributed by atoms with Gasteiger partial charge in [0.1, 0.15) is 12.1 Å². The van der Waals surface area contributed by atoms with Crippen LogP contribution in [0.4, 0.5) is 9.59 Å². The fraction of sp³-hybridized carbons (Fsp3) is 0.714. The average molecular weight is 340 g/mol. The first kappa shape index (κ1) is 16.1. The number of nitrogens with zero attached hydrogens (tertiary/aromatic N) is 2. The van der Waals surface area contributed by atoms with Gasteiger partial charge in [0.05, 0.1) is 0 Å². The maximum absolute atomic E-state index is 12.6. The zero-order valence-corrected chi connectivity index (χ0v) is 13.8. The lowest BCUT2D eigenvalue weighted by Gasteiger charge is -2.33. The third-order valence-corrected chi connectivity index (χ3v) is 5.60. The van der Waals surface area contributed by atoms with Crippen LogP contribution in [0.25, 0.3) is 0 Å². The van der Waals surface area contributed by atoms with E-state index in [-0.39, 0.29) is 11.8 Å². The number of carbonyl (C=O) groups excluding carboxylic acids is 4. The second-order valence-corrected chi connectivity index (χ2v) is 7.45. The van der Waals surface area contributed by atoms with Crippen molar-refractivity contribution in [2.45, 2.75) is 38.1 Å². The second-order valence-electron chi connectivity index (χ2n) is 6.41. The number of nitrogens with one attached hydrogen (secondary N) is 2. The number of urea groups is 1. The van der Waals surface area contributed by atoms with Gasteiger partial charge < -0.3 is 10.2 Å². The van der Waals surface area contributed by atoms with Crippen LogP contribution in [-0.4, -0.2) is 57.4 Å². The fourth-order valence-corrected chi connectivity index (χ4v) is 4.04. The van der Waals surface area contributed by atoms with E-state index in [1.54, 1.807) is 0 Å². The first-order valence-corrected chi connectivity index (χ1v) is 8.78. The van der Waals surface area contributed by atoms with Crippen LogP contribution in [0, 0.1) is 5.92 Å². The predicted octanol–water partition coefficient (Wildman–Crippen LogP) is 0.687. The molecule has 2 heterocycles. The Labute approximate surface area is 138 Å². The number of rotatable bonds is 3. The Bertz CT molecular complexity index is 559. The molecule has 0 unspecified atom stereocenters. The molecule has 3 rings (SSSR count). The zero-order valence-electron chi connectivity index (χ0n) is 13.0. The quantitative estimate of drug-likeness (QED) is 0.737. The van der Waals surface area contributed by atoms with Gasteiger partial charge in [-0.2, -0.15) is 5.01 Å². The molecule has 2 N–H and O–H groups in total. The Morgan fingerprint density at radius 2 is 2.04 bits per heavy atom. The number of hydrazine groups is 1.